The topological polar surface area (TPSA) is 101 Å². The molecule has 0 aromatic heterocycles. The molecule has 160 valence electrons. The number of primary amides is 1. The van der Waals surface area contributed by atoms with Gasteiger partial charge < -0.3 is 10.6 Å². The lowest BCUT2D eigenvalue weighted by atomic mass is 9.96. The number of sulfonamides is 1. The summed E-state index contributed by atoms with van der Waals surface area (Å²) in [7, 11) is -3.47. The van der Waals surface area contributed by atoms with Crippen molar-refractivity contribution in [3.05, 3.63) is 65.2 Å². The Morgan fingerprint density at radius 1 is 1.10 bits per heavy atom. The third kappa shape index (κ3) is 5.18. The third-order valence-electron chi connectivity index (χ3n) is 5.40. The lowest BCUT2D eigenvalue weighted by Gasteiger charge is -2.30. The van der Waals surface area contributed by atoms with E-state index < -0.39 is 10.0 Å². The van der Waals surface area contributed by atoms with Gasteiger partial charge in [0.05, 0.1) is 18.5 Å². The van der Waals surface area contributed by atoms with Crippen LogP contribution in [0.3, 0.4) is 0 Å². The summed E-state index contributed by atoms with van der Waals surface area (Å²) in [5.74, 6) is -0.571. The number of piperidine rings is 1. The molecule has 7 nitrogen and oxygen atoms in total. The standard InChI is InChI=1S/C22H27N3O4S/c1-16-4-3-5-20(14-16)25(30(2,28)29)15-17-6-8-19(9-7-17)22(27)24-12-10-18(11-13-24)21(23)26/h3-9,14,18H,10-13,15H2,1-2H3,(H2,23,26). The zero-order valence-corrected chi connectivity index (χ0v) is 18.1. The molecule has 0 unspecified atom stereocenters. The Morgan fingerprint density at radius 2 is 1.73 bits per heavy atom. The highest BCUT2D eigenvalue weighted by Crippen LogP contribution is 2.23. The van der Waals surface area contributed by atoms with Crippen LogP contribution in [0.1, 0.15) is 34.3 Å². The maximum atomic E-state index is 12.7. The molecule has 0 spiro atoms. The van der Waals surface area contributed by atoms with Crippen molar-refractivity contribution in [2.45, 2.75) is 26.3 Å². The normalized spacial score (nSPS) is 15.1. The summed E-state index contributed by atoms with van der Waals surface area (Å²) in [6, 6.07) is 14.3. The van der Waals surface area contributed by atoms with Gasteiger partial charge in [-0.05, 0) is 55.2 Å². The predicted molar refractivity (Wildman–Crippen MR) is 116 cm³/mol. The highest BCUT2D eigenvalue weighted by Gasteiger charge is 2.26. The summed E-state index contributed by atoms with van der Waals surface area (Å²) >= 11 is 0. The van der Waals surface area contributed by atoms with Crippen LogP contribution in [0.15, 0.2) is 48.5 Å². The number of hydrogen-bond donors (Lipinski definition) is 1. The molecule has 2 N–H and O–H groups in total. The lowest BCUT2D eigenvalue weighted by molar-refractivity contribution is -0.123. The molecule has 0 bridgehead atoms. The summed E-state index contributed by atoms with van der Waals surface area (Å²) in [6.07, 6.45) is 2.35. The van der Waals surface area contributed by atoms with Crippen LogP contribution in [-0.2, 0) is 21.4 Å². The van der Waals surface area contributed by atoms with E-state index in [2.05, 4.69) is 0 Å². The fourth-order valence-corrected chi connectivity index (χ4v) is 4.53. The van der Waals surface area contributed by atoms with Gasteiger partial charge in [-0.25, -0.2) is 8.42 Å². The van der Waals surface area contributed by atoms with Crippen molar-refractivity contribution in [3.63, 3.8) is 0 Å². The minimum absolute atomic E-state index is 0.0943. The van der Waals surface area contributed by atoms with Crippen molar-refractivity contribution in [2.24, 2.45) is 11.7 Å². The zero-order valence-electron chi connectivity index (χ0n) is 17.2. The second-order valence-corrected chi connectivity index (χ2v) is 9.68. The Bertz CT molecular complexity index is 1030. The molecule has 8 heteroatoms. The number of benzene rings is 2. The van der Waals surface area contributed by atoms with Gasteiger partial charge in [0, 0.05) is 24.6 Å². The van der Waals surface area contributed by atoms with Gasteiger partial charge in [0.2, 0.25) is 15.9 Å². The van der Waals surface area contributed by atoms with Crippen molar-refractivity contribution in [2.75, 3.05) is 23.7 Å². The number of anilines is 1. The van der Waals surface area contributed by atoms with Crippen LogP contribution in [-0.4, -0.2) is 44.5 Å². The Kier molecular flexibility index (Phi) is 6.45. The second kappa shape index (κ2) is 8.87. The SMILES string of the molecule is Cc1cccc(N(Cc2ccc(C(=O)N3CCC(C(N)=O)CC3)cc2)S(C)(=O)=O)c1. The predicted octanol–water partition coefficient (Wildman–Crippen LogP) is 2.30. The Morgan fingerprint density at radius 3 is 2.27 bits per heavy atom. The number of nitrogens with two attached hydrogens (primary N) is 1. The molecule has 30 heavy (non-hydrogen) atoms. The largest absolute Gasteiger partial charge is 0.369 e. The quantitative estimate of drug-likeness (QED) is 0.761. The molecule has 1 aliphatic rings. The van der Waals surface area contributed by atoms with E-state index in [0.29, 0.717) is 37.2 Å². The van der Waals surface area contributed by atoms with E-state index in [1.54, 1.807) is 35.2 Å². The molecule has 0 aliphatic carbocycles. The molecule has 0 atom stereocenters. The number of hydrogen-bond acceptors (Lipinski definition) is 4. The molecule has 1 saturated heterocycles. The van der Waals surface area contributed by atoms with Crippen LogP contribution in [0.25, 0.3) is 0 Å². The maximum absolute atomic E-state index is 12.7. The van der Waals surface area contributed by atoms with Crippen LogP contribution >= 0.6 is 0 Å². The van der Waals surface area contributed by atoms with Crippen LogP contribution < -0.4 is 10.0 Å². The number of rotatable bonds is 6. The second-order valence-electron chi connectivity index (χ2n) is 7.77. The molecule has 2 aromatic rings. The third-order valence-corrected chi connectivity index (χ3v) is 6.54. The average Bonchev–Trinajstić information content (AvgIpc) is 2.71. The van der Waals surface area contributed by atoms with E-state index >= 15 is 0 Å². The van der Waals surface area contributed by atoms with Crippen molar-refractivity contribution in [1.29, 1.82) is 0 Å². The van der Waals surface area contributed by atoms with Crippen LogP contribution in [0.4, 0.5) is 5.69 Å². The minimum atomic E-state index is -3.47. The van der Waals surface area contributed by atoms with Gasteiger partial charge in [-0.15, -0.1) is 0 Å². The molecular formula is C22H27N3O4S. The Labute approximate surface area is 177 Å². The number of amides is 2. The molecule has 1 aliphatic heterocycles. The molecule has 2 aromatic carbocycles. The van der Waals surface area contributed by atoms with E-state index in [0.717, 1.165) is 11.1 Å². The fourth-order valence-electron chi connectivity index (χ4n) is 3.65. The van der Waals surface area contributed by atoms with E-state index in [4.69, 9.17) is 5.73 Å². The minimum Gasteiger partial charge on any atom is -0.369 e. The van der Waals surface area contributed by atoms with Gasteiger partial charge in [0.1, 0.15) is 0 Å². The molecule has 1 heterocycles. The first-order valence-electron chi connectivity index (χ1n) is 9.87. The molecule has 2 amide bonds. The first-order valence-corrected chi connectivity index (χ1v) is 11.7. The molecule has 1 fully saturated rings. The van der Waals surface area contributed by atoms with Crippen molar-refractivity contribution >= 4 is 27.5 Å². The van der Waals surface area contributed by atoms with Gasteiger partial charge in [-0.2, -0.15) is 0 Å². The summed E-state index contributed by atoms with van der Waals surface area (Å²) in [4.78, 5) is 25.7. The van der Waals surface area contributed by atoms with Crippen LogP contribution in [0.2, 0.25) is 0 Å². The summed E-state index contributed by atoms with van der Waals surface area (Å²) < 4.78 is 26.0. The first-order chi connectivity index (χ1) is 14.1. The van der Waals surface area contributed by atoms with Gasteiger partial charge in [0.15, 0.2) is 0 Å². The Balaban J connectivity index is 1.71. The Hall–Kier alpha value is -2.87. The lowest BCUT2D eigenvalue weighted by Crippen LogP contribution is -2.41. The molecule has 3 rings (SSSR count). The van der Waals surface area contributed by atoms with E-state index in [1.807, 2.05) is 25.1 Å². The van der Waals surface area contributed by atoms with Crippen LogP contribution in [0.5, 0.6) is 0 Å². The number of nitrogens with zero attached hydrogens (tertiary/aromatic N) is 2. The number of likely N-dealkylation sites (tertiary alicyclic amines) is 1. The number of aryl methyl sites for hydroxylation is 1. The van der Waals surface area contributed by atoms with Crippen LogP contribution in [0, 0.1) is 12.8 Å². The summed E-state index contributed by atoms with van der Waals surface area (Å²) in [6.45, 7) is 3.10. The molecular weight excluding hydrogens is 402 g/mol. The highest BCUT2D eigenvalue weighted by molar-refractivity contribution is 7.92. The average molecular weight is 430 g/mol. The van der Waals surface area contributed by atoms with Crippen molar-refractivity contribution in [1.82, 2.24) is 4.90 Å². The summed E-state index contributed by atoms with van der Waals surface area (Å²) in [5, 5.41) is 0. The number of carbonyl (C=O) groups is 2. The molecule has 0 radical (unpaired) electrons. The van der Waals surface area contributed by atoms with E-state index in [-0.39, 0.29) is 24.3 Å². The number of carbonyl (C=O) groups excluding carboxylic acids is 2. The monoisotopic (exact) mass is 429 g/mol. The van der Waals surface area contributed by atoms with E-state index in [1.165, 1.54) is 10.6 Å². The van der Waals surface area contributed by atoms with Gasteiger partial charge in [-0.1, -0.05) is 24.3 Å². The van der Waals surface area contributed by atoms with Gasteiger partial charge in [0.25, 0.3) is 5.91 Å². The van der Waals surface area contributed by atoms with Gasteiger partial charge in [-0.3, -0.25) is 13.9 Å². The van der Waals surface area contributed by atoms with E-state index in [9.17, 15) is 18.0 Å². The maximum Gasteiger partial charge on any atom is 0.253 e. The van der Waals surface area contributed by atoms with Crippen molar-refractivity contribution < 1.29 is 18.0 Å². The van der Waals surface area contributed by atoms with Crippen molar-refractivity contribution in [3.8, 4) is 0 Å². The van der Waals surface area contributed by atoms with Gasteiger partial charge >= 0.3 is 0 Å². The highest BCUT2D eigenvalue weighted by atomic mass is 32.2. The first kappa shape index (κ1) is 21.8. The summed E-state index contributed by atoms with van der Waals surface area (Å²) in [5.41, 5.74) is 8.25. The fraction of sp³-hybridized carbons (Fsp3) is 0.364. The molecule has 0 saturated carbocycles. The zero-order chi connectivity index (χ0) is 21.9. The smallest absolute Gasteiger partial charge is 0.253 e.